The molecule has 0 bridgehead atoms. The number of aryl methyl sites for hydroxylation is 1. The molecule has 0 aliphatic heterocycles. The minimum absolute atomic E-state index is 0.140. The van der Waals surface area contributed by atoms with Gasteiger partial charge in [-0.3, -0.25) is 0 Å². The number of aromatic nitrogens is 1. The summed E-state index contributed by atoms with van der Waals surface area (Å²) >= 11 is 0. The second kappa shape index (κ2) is 10.9. The maximum absolute atomic E-state index is 10.6. The standard InChI is InChI=1S/C21H28N2O4S/c1-2-23(16-17-24)21-9-7-19(8-10-21)5-6-20-11-14-22(15-12-20)13-3-4-18-28(25,26)27/h5-12,14-15,24H,2-4,13,16-18H2,1H3. The number of aliphatic hydroxyl groups excluding tert-OH is 1. The first-order valence-electron chi connectivity index (χ1n) is 9.48. The second-order valence-electron chi connectivity index (χ2n) is 6.57. The van der Waals surface area contributed by atoms with E-state index in [2.05, 4.69) is 36.1 Å². The van der Waals surface area contributed by atoms with Gasteiger partial charge in [0.25, 0.3) is 0 Å². The predicted octanol–water partition coefficient (Wildman–Crippen LogP) is 2.29. The molecule has 0 saturated carbocycles. The summed E-state index contributed by atoms with van der Waals surface area (Å²) in [5, 5.41) is 9.11. The Morgan fingerprint density at radius 1 is 1.04 bits per heavy atom. The fourth-order valence-corrected chi connectivity index (χ4v) is 3.44. The van der Waals surface area contributed by atoms with E-state index < -0.39 is 10.1 Å². The highest BCUT2D eigenvalue weighted by molar-refractivity contribution is 7.85. The summed E-state index contributed by atoms with van der Waals surface area (Å²) in [5.74, 6) is -0.302. The minimum atomic E-state index is -4.11. The maximum atomic E-state index is 10.6. The molecule has 2 aromatic rings. The van der Waals surface area contributed by atoms with Crippen LogP contribution in [0.5, 0.6) is 0 Å². The van der Waals surface area contributed by atoms with Gasteiger partial charge in [0, 0.05) is 43.1 Å². The van der Waals surface area contributed by atoms with Crippen molar-refractivity contribution in [1.29, 1.82) is 0 Å². The molecule has 0 aliphatic rings. The van der Waals surface area contributed by atoms with Crippen molar-refractivity contribution in [3.05, 3.63) is 59.9 Å². The molecule has 0 spiro atoms. The molecule has 0 unspecified atom stereocenters. The Balaban J connectivity index is 1.88. The molecule has 1 heterocycles. The van der Waals surface area contributed by atoms with E-state index in [9.17, 15) is 13.0 Å². The van der Waals surface area contributed by atoms with Crippen LogP contribution in [0.1, 0.15) is 30.9 Å². The highest BCUT2D eigenvalue weighted by atomic mass is 32.2. The summed E-state index contributed by atoms with van der Waals surface area (Å²) in [6.45, 7) is 4.37. The van der Waals surface area contributed by atoms with Crippen molar-refractivity contribution in [2.75, 3.05) is 30.3 Å². The molecule has 6 nitrogen and oxygen atoms in total. The number of unbranched alkanes of at least 4 members (excludes halogenated alkanes) is 1. The van der Waals surface area contributed by atoms with E-state index in [1.54, 1.807) is 0 Å². The highest BCUT2D eigenvalue weighted by Gasteiger charge is 2.03. The fourth-order valence-electron chi connectivity index (χ4n) is 2.88. The van der Waals surface area contributed by atoms with Crippen molar-refractivity contribution in [2.45, 2.75) is 26.3 Å². The van der Waals surface area contributed by atoms with Crippen molar-refractivity contribution in [2.24, 2.45) is 0 Å². The first-order valence-corrected chi connectivity index (χ1v) is 11.1. The van der Waals surface area contributed by atoms with Gasteiger partial charge < -0.3 is 14.6 Å². The lowest BCUT2D eigenvalue weighted by atomic mass is 10.1. The van der Waals surface area contributed by atoms with Crippen LogP contribution in [0.2, 0.25) is 0 Å². The molecule has 152 valence electrons. The van der Waals surface area contributed by atoms with E-state index in [1.165, 1.54) is 0 Å². The van der Waals surface area contributed by atoms with Crippen molar-refractivity contribution in [3.8, 4) is 0 Å². The molecule has 1 aromatic carbocycles. The first-order chi connectivity index (χ1) is 13.4. The number of rotatable bonds is 11. The van der Waals surface area contributed by atoms with Crippen LogP contribution in [-0.4, -0.2) is 43.5 Å². The van der Waals surface area contributed by atoms with Gasteiger partial charge in [0.2, 0.25) is 0 Å². The zero-order chi connectivity index (χ0) is 20.4. The van der Waals surface area contributed by atoms with Crippen molar-refractivity contribution in [3.63, 3.8) is 0 Å². The maximum Gasteiger partial charge on any atom is 0.169 e. The molecule has 0 fully saturated rings. The summed E-state index contributed by atoms with van der Waals surface area (Å²) in [7, 11) is -4.11. The van der Waals surface area contributed by atoms with Gasteiger partial charge in [0.1, 0.15) is 6.54 Å². The Morgan fingerprint density at radius 2 is 1.64 bits per heavy atom. The Morgan fingerprint density at radius 3 is 2.18 bits per heavy atom. The van der Waals surface area contributed by atoms with E-state index >= 15 is 0 Å². The van der Waals surface area contributed by atoms with Gasteiger partial charge in [-0.1, -0.05) is 24.3 Å². The number of aliphatic hydroxyl groups is 1. The van der Waals surface area contributed by atoms with Gasteiger partial charge in [0.15, 0.2) is 12.4 Å². The van der Waals surface area contributed by atoms with E-state index in [4.69, 9.17) is 5.11 Å². The summed E-state index contributed by atoms with van der Waals surface area (Å²) < 4.78 is 33.7. The minimum Gasteiger partial charge on any atom is -0.748 e. The second-order valence-corrected chi connectivity index (χ2v) is 8.09. The summed E-state index contributed by atoms with van der Waals surface area (Å²) in [4.78, 5) is 2.12. The van der Waals surface area contributed by atoms with Gasteiger partial charge in [-0.15, -0.1) is 0 Å². The quantitative estimate of drug-likeness (QED) is 0.353. The molecule has 0 atom stereocenters. The summed E-state index contributed by atoms with van der Waals surface area (Å²) in [5.41, 5.74) is 3.26. The number of hydrogen-bond acceptors (Lipinski definition) is 5. The third-order valence-electron chi connectivity index (χ3n) is 4.46. The smallest absolute Gasteiger partial charge is 0.169 e. The molecule has 0 amide bonds. The van der Waals surface area contributed by atoms with Gasteiger partial charge in [-0.05, 0) is 36.6 Å². The monoisotopic (exact) mass is 404 g/mol. The summed E-state index contributed by atoms with van der Waals surface area (Å²) in [6, 6.07) is 12.2. The first kappa shape index (κ1) is 22.1. The molecule has 0 radical (unpaired) electrons. The molecule has 1 N–H and O–H groups in total. The van der Waals surface area contributed by atoms with Crippen LogP contribution in [-0.2, 0) is 16.7 Å². The number of pyridine rings is 1. The van der Waals surface area contributed by atoms with Crippen LogP contribution in [0.25, 0.3) is 12.2 Å². The zero-order valence-corrected chi connectivity index (χ0v) is 17.0. The van der Waals surface area contributed by atoms with E-state index in [0.29, 0.717) is 25.9 Å². The van der Waals surface area contributed by atoms with Crippen molar-refractivity contribution in [1.82, 2.24) is 0 Å². The highest BCUT2D eigenvalue weighted by Crippen LogP contribution is 2.16. The fraction of sp³-hybridized carbons (Fsp3) is 0.381. The molecule has 0 aliphatic carbocycles. The number of anilines is 1. The van der Waals surface area contributed by atoms with Gasteiger partial charge in [-0.25, -0.2) is 13.0 Å². The largest absolute Gasteiger partial charge is 0.748 e. The van der Waals surface area contributed by atoms with E-state index in [-0.39, 0.29) is 12.4 Å². The Kier molecular flexibility index (Phi) is 8.63. The number of likely N-dealkylation sites (N-methyl/N-ethyl adjacent to an activating group) is 1. The van der Waals surface area contributed by atoms with Crippen LogP contribution in [0.15, 0.2) is 48.8 Å². The zero-order valence-electron chi connectivity index (χ0n) is 16.2. The van der Waals surface area contributed by atoms with Crippen molar-refractivity contribution >= 4 is 28.0 Å². The number of hydrogen-bond donors (Lipinski definition) is 1. The lowest BCUT2D eigenvalue weighted by molar-refractivity contribution is -0.697. The molecule has 1 aromatic heterocycles. The lowest BCUT2D eigenvalue weighted by Gasteiger charge is -2.21. The molecular formula is C21H28N2O4S. The van der Waals surface area contributed by atoms with Crippen LogP contribution in [0.4, 0.5) is 5.69 Å². The average Bonchev–Trinajstić information content (AvgIpc) is 2.68. The molecule has 2 rings (SSSR count). The van der Waals surface area contributed by atoms with Crippen LogP contribution in [0, 0.1) is 0 Å². The molecule has 0 saturated heterocycles. The van der Waals surface area contributed by atoms with Gasteiger partial charge >= 0.3 is 0 Å². The third-order valence-corrected chi connectivity index (χ3v) is 5.24. The van der Waals surface area contributed by atoms with E-state index in [1.807, 2.05) is 41.2 Å². The number of nitrogens with zero attached hydrogens (tertiary/aromatic N) is 2. The van der Waals surface area contributed by atoms with Crippen molar-refractivity contribution < 1.29 is 22.6 Å². The van der Waals surface area contributed by atoms with E-state index in [0.717, 1.165) is 23.4 Å². The predicted molar refractivity (Wildman–Crippen MR) is 111 cm³/mol. The van der Waals surface area contributed by atoms with Crippen LogP contribution < -0.4 is 9.47 Å². The average molecular weight is 405 g/mol. The Bertz CT molecular complexity index is 847. The molecule has 7 heteroatoms. The van der Waals surface area contributed by atoms with Crippen LogP contribution in [0.3, 0.4) is 0 Å². The summed E-state index contributed by atoms with van der Waals surface area (Å²) in [6.07, 6.45) is 9.01. The van der Waals surface area contributed by atoms with Gasteiger partial charge in [-0.2, -0.15) is 0 Å². The molecular weight excluding hydrogens is 376 g/mol. The Labute approximate surface area is 167 Å². The van der Waals surface area contributed by atoms with Crippen LogP contribution >= 0.6 is 0 Å². The topological polar surface area (TPSA) is 84.5 Å². The van der Waals surface area contributed by atoms with Gasteiger partial charge in [0.05, 0.1) is 16.7 Å². The normalized spacial score (nSPS) is 11.8. The third kappa shape index (κ3) is 7.80. The Hall–Kier alpha value is -2.22. The number of benzene rings is 1. The lowest BCUT2D eigenvalue weighted by Crippen LogP contribution is -2.32. The SMILES string of the molecule is CCN(CCO)c1ccc(/C=C/c2cc[n+](CCCCS(=O)(=O)[O-])cc2)cc1. The molecule has 28 heavy (non-hydrogen) atoms.